The lowest BCUT2D eigenvalue weighted by atomic mass is 10.1. The minimum atomic E-state index is -0.485. The molecule has 110 valence electrons. The average molecular weight is 349 g/mol. The molecule has 0 fully saturated rings. The zero-order valence-corrected chi connectivity index (χ0v) is 13.3. The molecule has 0 unspecified atom stereocenters. The molecular weight excluding hydrogens is 332 g/mol. The van der Waals surface area contributed by atoms with E-state index in [4.69, 9.17) is 10.5 Å². The number of halogens is 1. The molecule has 2 aromatic carbocycles. The maximum Gasteiger partial charge on any atom is 0.255 e. The number of nitrogens with two attached hydrogens (primary N) is 1. The summed E-state index contributed by atoms with van der Waals surface area (Å²) in [7, 11) is 0. The van der Waals surface area contributed by atoms with Crippen LogP contribution in [0.25, 0.3) is 0 Å². The van der Waals surface area contributed by atoms with Gasteiger partial charge < -0.3 is 15.8 Å². The molecule has 0 radical (unpaired) electrons. The van der Waals surface area contributed by atoms with E-state index in [1.54, 1.807) is 12.1 Å². The van der Waals surface area contributed by atoms with Crippen LogP contribution in [-0.4, -0.2) is 12.5 Å². The van der Waals surface area contributed by atoms with Crippen molar-refractivity contribution in [2.45, 2.75) is 13.5 Å². The van der Waals surface area contributed by atoms with Crippen molar-refractivity contribution in [2.24, 2.45) is 5.73 Å². The van der Waals surface area contributed by atoms with Gasteiger partial charge in [-0.3, -0.25) is 4.79 Å². The van der Waals surface area contributed by atoms with Crippen LogP contribution in [0.1, 0.15) is 11.1 Å². The van der Waals surface area contributed by atoms with Crippen LogP contribution in [-0.2, 0) is 11.3 Å². The van der Waals surface area contributed by atoms with Crippen LogP contribution in [0.4, 0.5) is 5.69 Å². The van der Waals surface area contributed by atoms with E-state index < -0.39 is 5.91 Å². The Morgan fingerprint density at radius 1 is 1.24 bits per heavy atom. The van der Waals surface area contributed by atoms with Gasteiger partial charge in [-0.1, -0.05) is 28.1 Å². The number of nitrogens with one attached hydrogen (secondary N) is 1. The number of rotatable bonds is 6. The maximum absolute atomic E-state index is 10.6. The number of carbonyl (C=O) groups is 1. The summed E-state index contributed by atoms with van der Waals surface area (Å²) in [4.78, 5) is 10.6. The summed E-state index contributed by atoms with van der Waals surface area (Å²) in [6.45, 7) is 2.68. The number of hydrogen-bond donors (Lipinski definition) is 2. The Hall–Kier alpha value is -2.01. The molecule has 0 aromatic heterocycles. The Bertz CT molecular complexity index is 627. The van der Waals surface area contributed by atoms with Crippen molar-refractivity contribution in [1.82, 2.24) is 0 Å². The standard InChI is InChI=1S/C16H17BrN2O2/c1-11-2-3-12(15(17)8-11)9-19-13-4-6-14(7-5-13)21-10-16(18)20/h2-8,19H,9-10H2,1H3,(H2,18,20). The van der Waals surface area contributed by atoms with Gasteiger partial charge in [-0.15, -0.1) is 0 Å². The molecule has 21 heavy (non-hydrogen) atoms. The van der Waals surface area contributed by atoms with E-state index in [1.807, 2.05) is 12.1 Å². The zero-order chi connectivity index (χ0) is 15.2. The number of ether oxygens (including phenoxy) is 1. The number of primary amides is 1. The van der Waals surface area contributed by atoms with Gasteiger partial charge in [0.25, 0.3) is 5.91 Å². The third-order valence-electron chi connectivity index (χ3n) is 2.93. The lowest BCUT2D eigenvalue weighted by Crippen LogP contribution is -2.19. The molecule has 2 aromatic rings. The first-order valence-electron chi connectivity index (χ1n) is 6.54. The normalized spacial score (nSPS) is 10.2. The summed E-state index contributed by atoms with van der Waals surface area (Å²) in [6, 6.07) is 13.7. The van der Waals surface area contributed by atoms with Crippen molar-refractivity contribution < 1.29 is 9.53 Å². The van der Waals surface area contributed by atoms with Crippen LogP contribution >= 0.6 is 15.9 Å². The van der Waals surface area contributed by atoms with E-state index >= 15 is 0 Å². The zero-order valence-electron chi connectivity index (χ0n) is 11.7. The molecule has 0 aliphatic heterocycles. The average Bonchev–Trinajstić information content (AvgIpc) is 2.45. The predicted octanol–water partition coefficient (Wildman–Crippen LogP) is 3.23. The Kier molecular flexibility index (Phi) is 5.22. The summed E-state index contributed by atoms with van der Waals surface area (Å²) < 4.78 is 6.30. The lowest BCUT2D eigenvalue weighted by Gasteiger charge is -2.10. The molecule has 1 amide bonds. The van der Waals surface area contributed by atoms with Crippen molar-refractivity contribution in [3.05, 3.63) is 58.1 Å². The van der Waals surface area contributed by atoms with Crippen LogP contribution in [0.3, 0.4) is 0 Å². The van der Waals surface area contributed by atoms with Gasteiger partial charge in [0.1, 0.15) is 5.75 Å². The number of amides is 1. The Balaban J connectivity index is 1.92. The summed E-state index contributed by atoms with van der Waals surface area (Å²) in [5.41, 5.74) is 8.42. The van der Waals surface area contributed by atoms with Crippen molar-refractivity contribution in [3.63, 3.8) is 0 Å². The van der Waals surface area contributed by atoms with E-state index in [0.717, 1.165) is 16.7 Å². The van der Waals surface area contributed by atoms with Crippen molar-refractivity contribution >= 4 is 27.5 Å². The van der Waals surface area contributed by atoms with Crippen LogP contribution in [0, 0.1) is 6.92 Å². The van der Waals surface area contributed by atoms with Crippen LogP contribution < -0.4 is 15.8 Å². The molecule has 0 spiro atoms. The Labute approximate surface area is 132 Å². The predicted molar refractivity (Wildman–Crippen MR) is 87.3 cm³/mol. The lowest BCUT2D eigenvalue weighted by molar-refractivity contribution is -0.119. The van der Waals surface area contributed by atoms with Gasteiger partial charge in [0.15, 0.2) is 6.61 Å². The fourth-order valence-electron chi connectivity index (χ4n) is 1.82. The van der Waals surface area contributed by atoms with Crippen LogP contribution in [0.2, 0.25) is 0 Å². The van der Waals surface area contributed by atoms with Crippen molar-refractivity contribution in [3.8, 4) is 5.75 Å². The van der Waals surface area contributed by atoms with Gasteiger partial charge in [-0.05, 0) is 48.4 Å². The highest BCUT2D eigenvalue weighted by Gasteiger charge is 2.01. The quantitative estimate of drug-likeness (QED) is 0.842. The monoisotopic (exact) mass is 348 g/mol. The van der Waals surface area contributed by atoms with E-state index in [-0.39, 0.29) is 6.61 Å². The first-order valence-corrected chi connectivity index (χ1v) is 7.34. The highest BCUT2D eigenvalue weighted by Crippen LogP contribution is 2.21. The summed E-state index contributed by atoms with van der Waals surface area (Å²) in [5.74, 6) is 0.136. The number of benzene rings is 2. The Morgan fingerprint density at radius 3 is 2.57 bits per heavy atom. The smallest absolute Gasteiger partial charge is 0.255 e. The molecule has 0 aliphatic rings. The van der Waals surface area contributed by atoms with Crippen molar-refractivity contribution in [2.75, 3.05) is 11.9 Å². The van der Waals surface area contributed by atoms with Gasteiger partial charge in [0, 0.05) is 16.7 Å². The van der Waals surface area contributed by atoms with Gasteiger partial charge in [0.2, 0.25) is 0 Å². The third kappa shape index (κ3) is 4.79. The second-order valence-electron chi connectivity index (χ2n) is 4.73. The molecule has 0 heterocycles. The third-order valence-corrected chi connectivity index (χ3v) is 3.67. The molecule has 0 saturated heterocycles. The van der Waals surface area contributed by atoms with E-state index in [0.29, 0.717) is 5.75 Å². The molecule has 5 heteroatoms. The topological polar surface area (TPSA) is 64.3 Å². The molecule has 0 bridgehead atoms. The number of anilines is 1. The fraction of sp³-hybridized carbons (Fsp3) is 0.188. The number of aryl methyl sites for hydroxylation is 1. The summed E-state index contributed by atoms with van der Waals surface area (Å²) >= 11 is 3.56. The van der Waals surface area contributed by atoms with Gasteiger partial charge in [-0.2, -0.15) is 0 Å². The second kappa shape index (κ2) is 7.13. The minimum absolute atomic E-state index is 0.108. The largest absolute Gasteiger partial charge is 0.484 e. The van der Waals surface area contributed by atoms with Gasteiger partial charge in [-0.25, -0.2) is 0 Å². The van der Waals surface area contributed by atoms with Crippen LogP contribution in [0.15, 0.2) is 46.9 Å². The minimum Gasteiger partial charge on any atom is -0.484 e. The number of carbonyl (C=O) groups excluding carboxylic acids is 1. The Morgan fingerprint density at radius 2 is 1.95 bits per heavy atom. The molecule has 4 nitrogen and oxygen atoms in total. The maximum atomic E-state index is 10.6. The second-order valence-corrected chi connectivity index (χ2v) is 5.58. The van der Waals surface area contributed by atoms with E-state index in [2.05, 4.69) is 46.4 Å². The van der Waals surface area contributed by atoms with Gasteiger partial charge >= 0.3 is 0 Å². The van der Waals surface area contributed by atoms with Gasteiger partial charge in [0.05, 0.1) is 0 Å². The first-order chi connectivity index (χ1) is 10.0. The van der Waals surface area contributed by atoms with Crippen LogP contribution in [0.5, 0.6) is 5.75 Å². The first kappa shape index (κ1) is 15.4. The highest BCUT2D eigenvalue weighted by atomic mass is 79.9. The molecule has 3 N–H and O–H groups in total. The summed E-state index contributed by atoms with van der Waals surface area (Å²) in [6.07, 6.45) is 0. The summed E-state index contributed by atoms with van der Waals surface area (Å²) in [5, 5.41) is 3.34. The van der Waals surface area contributed by atoms with Crippen molar-refractivity contribution in [1.29, 1.82) is 0 Å². The van der Waals surface area contributed by atoms with E-state index in [9.17, 15) is 4.79 Å². The molecule has 0 atom stereocenters. The van der Waals surface area contributed by atoms with E-state index in [1.165, 1.54) is 11.1 Å². The molecule has 2 rings (SSSR count). The fourth-order valence-corrected chi connectivity index (χ4v) is 2.45. The molecular formula is C16H17BrN2O2. The molecule has 0 saturated carbocycles. The number of hydrogen-bond acceptors (Lipinski definition) is 3. The SMILES string of the molecule is Cc1ccc(CNc2ccc(OCC(N)=O)cc2)c(Br)c1. The highest BCUT2D eigenvalue weighted by molar-refractivity contribution is 9.10. The molecule has 0 aliphatic carbocycles.